The third kappa shape index (κ3) is 71.4. The molecule has 20 nitrogen and oxygen atoms in total. The van der Waals surface area contributed by atoms with E-state index in [0.717, 1.165) is 67.2 Å². The number of aromatic carboxylic acids is 2. The molecule has 0 heterocycles. The average molecular weight is 1910 g/mol. The maximum Gasteiger partial charge on any atom is -0.693 e. The Morgan fingerprint density at radius 3 is 0.920 bits per heavy atom. The quantitative estimate of drug-likeness (QED) is 0.110. The molecule has 0 saturated heterocycles. The Labute approximate surface area is 571 Å². The standard InChI is InChI=1S/2C9H19NO2.2C9H10O2.2C7H13NO2.C7H13N.CH3.6ClH.3H2N.3Pt/c2*1-8(2,3)6-9(4,5)10-7(11)12;2*1-6-3-4-8(9(10)11)7(2)5-6;2*9-7(10)8-6-4-2-1-3-5-6;1-6-4-2-3-5-7(6)8;;;;;;;;;;;;;/h2*10H,6H2,1-5H3,(H,11,12);2*3-5H,1-2H3,(H,10,11);2*6,8H,1-5H2,(H,9,10);6-8H,1-5H2;1H3;6*1H;3*1H2;;;/q;;;;;;-2;-1;;;;;;;3*-1;3*+4/p-6/t;;;;;;6-,7-;;;;;;;;;;;;;/m......1............./s1. The predicted molar refractivity (Wildman–Crippen MR) is 353 cm³/mol. The van der Waals surface area contributed by atoms with E-state index in [9.17, 15) is 28.8 Å². The molecule has 2 atom stereocenters. The van der Waals surface area contributed by atoms with Gasteiger partial charge in [-0.1, -0.05) is 141 Å². The van der Waals surface area contributed by atoms with Gasteiger partial charge in [0.05, 0.1) is 11.1 Å². The molecule has 4 amide bonds. The summed E-state index contributed by atoms with van der Waals surface area (Å²) >= 11 is -1.42. The molecule has 87 heavy (non-hydrogen) atoms. The van der Waals surface area contributed by atoms with E-state index < -0.39 is 85.8 Å². The van der Waals surface area contributed by atoms with E-state index >= 15 is 0 Å². The van der Waals surface area contributed by atoms with Crippen molar-refractivity contribution in [3.05, 3.63) is 108 Å². The number of hydrogen-bond donors (Lipinski definition) is 10. The molecule has 3 saturated carbocycles. The predicted octanol–water partition coefficient (Wildman–Crippen LogP) is 21.3. The zero-order valence-corrected chi connectivity index (χ0v) is 64.7. The second-order valence-electron chi connectivity index (χ2n) is 23.7. The Morgan fingerprint density at radius 2 is 0.736 bits per heavy atom. The maximum atomic E-state index is 10.5. The van der Waals surface area contributed by atoms with Gasteiger partial charge in [0, 0.05) is 23.2 Å². The van der Waals surface area contributed by atoms with Crippen LogP contribution >= 0.6 is 56.5 Å². The van der Waals surface area contributed by atoms with Gasteiger partial charge in [-0.15, -0.1) is 0 Å². The van der Waals surface area contributed by atoms with Crippen molar-refractivity contribution in [2.45, 2.75) is 229 Å². The van der Waals surface area contributed by atoms with Gasteiger partial charge in [0.25, 0.3) is 0 Å². The molecule has 0 bridgehead atoms. The maximum absolute atomic E-state index is 10.5. The molecule has 0 aliphatic heterocycles. The third-order valence-corrected chi connectivity index (χ3v) is 11.8. The van der Waals surface area contributed by atoms with Crippen molar-refractivity contribution in [1.82, 2.24) is 21.3 Å². The fourth-order valence-electron chi connectivity index (χ4n) is 9.48. The van der Waals surface area contributed by atoms with E-state index in [1.807, 2.05) is 53.7 Å². The minimum Gasteiger partial charge on any atom is -0.693 e. The number of nitrogens with one attached hydrogen (secondary N) is 5. The summed E-state index contributed by atoms with van der Waals surface area (Å²) in [6.45, 7) is 31.5. The number of carboxylic acid groups (broad SMARTS) is 6. The second-order valence-corrected chi connectivity index (χ2v) is 33.6. The van der Waals surface area contributed by atoms with Crippen molar-refractivity contribution in [1.29, 1.82) is 0 Å². The van der Waals surface area contributed by atoms with E-state index in [1.165, 1.54) is 57.8 Å². The van der Waals surface area contributed by atoms with Crippen LogP contribution in [0.15, 0.2) is 36.4 Å². The summed E-state index contributed by atoms with van der Waals surface area (Å²) in [5.74, 6) is -1.30. The van der Waals surface area contributed by atoms with Crippen LogP contribution in [-0.4, -0.2) is 96.2 Å². The normalized spacial score (nSPS) is 15.1. The number of carboxylic acids is 2. The molecular weight excluding hydrogens is 1800 g/mol. The van der Waals surface area contributed by atoms with Gasteiger partial charge in [-0.25, -0.2) is 28.8 Å². The number of carbonyl (C=O) groups is 6. The molecule has 3 aliphatic rings. The summed E-state index contributed by atoms with van der Waals surface area (Å²) in [6, 6.07) is 11.2. The minimum atomic E-state index is -0.954. The van der Waals surface area contributed by atoms with Crippen molar-refractivity contribution in [3.8, 4) is 0 Å². The fourth-order valence-corrected chi connectivity index (χ4v) is 9.48. The summed E-state index contributed by atoms with van der Waals surface area (Å²) in [5, 5.41) is 61.1. The number of rotatable bonds is 8. The number of aryl methyl sites for hydroxylation is 4. The Bertz CT molecular complexity index is 1960. The van der Waals surface area contributed by atoms with Crippen LogP contribution in [0.1, 0.15) is 215 Å². The first kappa shape index (κ1) is 104. The van der Waals surface area contributed by atoms with Crippen LogP contribution in [0.2, 0.25) is 0 Å². The molecule has 0 radical (unpaired) electrons. The molecule has 3 fully saturated rings. The molecular formula is C58H106Cl6N8O12Pt3. The van der Waals surface area contributed by atoms with Crippen LogP contribution in [0, 0.1) is 58.8 Å². The van der Waals surface area contributed by atoms with Crippen molar-refractivity contribution in [2.75, 3.05) is 0 Å². The van der Waals surface area contributed by atoms with Crippen molar-refractivity contribution < 1.29 is 109 Å². The molecule has 2 aromatic rings. The van der Waals surface area contributed by atoms with Crippen LogP contribution in [0.5, 0.6) is 0 Å². The van der Waals surface area contributed by atoms with E-state index in [-0.39, 0.29) is 65.9 Å². The van der Waals surface area contributed by atoms with Gasteiger partial charge in [0.2, 0.25) is 0 Å². The van der Waals surface area contributed by atoms with E-state index in [4.69, 9.17) is 92.9 Å². The zero-order valence-electron chi connectivity index (χ0n) is 53.4. The van der Waals surface area contributed by atoms with Gasteiger partial charge in [0.15, 0.2) is 0 Å². The van der Waals surface area contributed by atoms with E-state index in [1.54, 1.807) is 38.1 Å². The fraction of sp³-hybridized carbons (Fsp3) is 0.655. The van der Waals surface area contributed by atoms with Gasteiger partial charge in [-0.05, 0) is 128 Å². The number of amides is 4. The Kier molecular flexibility index (Phi) is 70.7. The first-order valence-corrected chi connectivity index (χ1v) is 43.6. The molecule has 5 rings (SSSR count). The number of benzene rings is 2. The van der Waals surface area contributed by atoms with Gasteiger partial charge >= 0.3 is 142 Å². The number of hydrogen-bond acceptors (Lipinski definition) is 6. The van der Waals surface area contributed by atoms with Crippen molar-refractivity contribution >= 4 is 92.8 Å². The summed E-state index contributed by atoms with van der Waals surface area (Å²) in [4.78, 5) is 62.2. The summed E-state index contributed by atoms with van der Waals surface area (Å²) in [7, 11) is 29.2. The third-order valence-electron chi connectivity index (χ3n) is 11.8. The van der Waals surface area contributed by atoms with Crippen LogP contribution in [0.25, 0.3) is 24.2 Å². The van der Waals surface area contributed by atoms with Gasteiger partial charge in [-0.2, -0.15) is 12.0 Å². The number of halogens is 6. The summed E-state index contributed by atoms with van der Waals surface area (Å²) in [5.41, 5.74) is 11.6. The zero-order chi connectivity index (χ0) is 65.7. The smallest absolute Gasteiger partial charge is 0.693 e. The molecule has 0 unspecified atom stereocenters. The largest absolute Gasteiger partial charge is 0.693 e. The van der Waals surface area contributed by atoms with Gasteiger partial charge in [-0.3, -0.25) is 0 Å². The Morgan fingerprint density at radius 1 is 0.483 bits per heavy atom. The monoisotopic (exact) mass is 1900 g/mol. The van der Waals surface area contributed by atoms with E-state index in [2.05, 4.69) is 69.7 Å². The van der Waals surface area contributed by atoms with E-state index in [0.29, 0.717) is 17.0 Å². The molecule has 522 valence electrons. The molecule has 3 aliphatic carbocycles. The van der Waals surface area contributed by atoms with Crippen molar-refractivity contribution in [2.24, 2.45) is 16.7 Å². The minimum absolute atomic E-state index is 0. The Hall–Kier alpha value is -1.90. The van der Waals surface area contributed by atoms with Crippen LogP contribution in [0.3, 0.4) is 0 Å². The summed E-state index contributed by atoms with van der Waals surface area (Å²) < 4.78 is 0. The first-order chi connectivity index (χ1) is 38.1. The average Bonchev–Trinajstić information content (AvgIpc) is 3.39. The molecule has 0 spiro atoms. The van der Waals surface area contributed by atoms with Crippen molar-refractivity contribution in [3.63, 3.8) is 0 Å². The molecule has 0 aromatic heterocycles. The SMILES string of the molecule is CC(C)(C)CC(C)(C)NC(=O)O.CC(C)(C)CC(C)(C)NC(=O)O.Cc1ccc(C(=O)O)c(C)c1.Cc1ccc(C(=O)O)c(C)c1.O=C(O)NC1CCCCC1.O=C(O)NC1CCCCC1.[CH2-][C@@H]1CCCC[C@H]1[NH-].[CH3-].[Cl][Pt+2][Cl].[Cl][Pt+2][Cl].[Cl][Pt+2][Cl].[NH2-].[NH2-].[NH2-]. The van der Waals surface area contributed by atoms with Crippen LogP contribution in [-0.2, 0) is 49.4 Å². The second kappa shape index (κ2) is 59.1. The molecule has 2 aromatic carbocycles. The summed E-state index contributed by atoms with van der Waals surface area (Å²) in [6.07, 6.45) is 14.1. The topological polar surface area (TPSA) is 396 Å². The van der Waals surface area contributed by atoms with Crippen LogP contribution in [0.4, 0.5) is 19.2 Å². The number of nitrogens with two attached hydrogens (primary N) is 3. The van der Waals surface area contributed by atoms with Gasteiger partial charge < -0.3 is 90.4 Å². The van der Waals surface area contributed by atoms with Gasteiger partial charge in [0.1, 0.15) is 0 Å². The molecule has 29 heteroatoms. The first-order valence-electron chi connectivity index (χ1n) is 26.7. The molecule has 17 N–H and O–H groups in total. The Balaban J connectivity index is -0.000000113. The van der Waals surface area contributed by atoms with Crippen LogP contribution < -0.4 is 21.3 Å².